The molecule has 0 atom stereocenters. The van der Waals surface area contributed by atoms with Gasteiger partial charge in [-0.2, -0.15) is 0 Å². The molecule has 2 aromatic rings. The summed E-state index contributed by atoms with van der Waals surface area (Å²) in [6, 6.07) is 9.91. The Kier molecular flexibility index (Phi) is 4.04. The van der Waals surface area contributed by atoms with E-state index in [1.165, 1.54) is 4.88 Å². The number of nitrogens with one attached hydrogen (secondary N) is 1. The van der Waals surface area contributed by atoms with Crippen molar-refractivity contribution in [2.24, 2.45) is 5.73 Å². The van der Waals surface area contributed by atoms with Crippen LogP contribution in [0, 0.1) is 5.41 Å². The highest BCUT2D eigenvalue weighted by atomic mass is 79.9. The fourth-order valence-corrected chi connectivity index (χ4v) is 3.14. The Balaban J connectivity index is 2.20. The Morgan fingerprint density at radius 3 is 2.78 bits per heavy atom. The van der Waals surface area contributed by atoms with Gasteiger partial charge in [-0.15, -0.1) is 11.3 Å². The molecule has 0 aliphatic rings. The molecular weight excluding hydrogens is 310 g/mol. The van der Waals surface area contributed by atoms with Crippen molar-refractivity contribution in [2.45, 2.75) is 6.54 Å². The maximum absolute atomic E-state index is 7.41. The number of nitrogens with zero attached hydrogens (tertiary/aromatic N) is 1. The highest BCUT2D eigenvalue weighted by Crippen LogP contribution is 2.28. The van der Waals surface area contributed by atoms with Gasteiger partial charge in [0.1, 0.15) is 5.84 Å². The van der Waals surface area contributed by atoms with Gasteiger partial charge in [0, 0.05) is 22.0 Å². The number of rotatable bonds is 4. The van der Waals surface area contributed by atoms with Crippen molar-refractivity contribution in [3.05, 3.63) is 50.6 Å². The molecule has 18 heavy (non-hydrogen) atoms. The molecule has 5 heteroatoms. The van der Waals surface area contributed by atoms with Gasteiger partial charge >= 0.3 is 0 Å². The molecule has 0 fully saturated rings. The monoisotopic (exact) mass is 323 g/mol. The third-order valence-electron chi connectivity index (χ3n) is 2.64. The number of thiophene rings is 1. The SMILES string of the molecule is CN(Cc1cccs1)c1ccc(C(=N)N)cc1Br. The summed E-state index contributed by atoms with van der Waals surface area (Å²) in [4.78, 5) is 3.49. The first-order chi connectivity index (χ1) is 8.58. The zero-order chi connectivity index (χ0) is 13.1. The van der Waals surface area contributed by atoms with Crippen molar-refractivity contribution in [3.63, 3.8) is 0 Å². The van der Waals surface area contributed by atoms with Crippen LogP contribution in [0.15, 0.2) is 40.2 Å². The van der Waals surface area contributed by atoms with Gasteiger partial charge in [-0.3, -0.25) is 5.41 Å². The number of amidine groups is 1. The normalized spacial score (nSPS) is 10.3. The summed E-state index contributed by atoms with van der Waals surface area (Å²) in [7, 11) is 2.05. The lowest BCUT2D eigenvalue weighted by atomic mass is 10.2. The lowest BCUT2D eigenvalue weighted by Gasteiger charge is -2.20. The summed E-state index contributed by atoms with van der Waals surface area (Å²) in [5.41, 5.74) is 7.29. The minimum Gasteiger partial charge on any atom is -0.384 e. The molecule has 2 rings (SSSR count). The average molecular weight is 324 g/mol. The van der Waals surface area contributed by atoms with E-state index in [9.17, 15) is 0 Å². The summed E-state index contributed by atoms with van der Waals surface area (Å²) >= 11 is 5.28. The second kappa shape index (κ2) is 5.54. The van der Waals surface area contributed by atoms with Crippen LogP contribution in [0.1, 0.15) is 10.4 Å². The molecule has 0 aliphatic carbocycles. The Labute approximate surface area is 119 Å². The van der Waals surface area contributed by atoms with E-state index in [4.69, 9.17) is 11.1 Å². The van der Waals surface area contributed by atoms with Gasteiger partial charge in [-0.1, -0.05) is 6.07 Å². The van der Waals surface area contributed by atoms with Crippen LogP contribution in [0.4, 0.5) is 5.69 Å². The number of halogens is 1. The van der Waals surface area contributed by atoms with E-state index < -0.39 is 0 Å². The topological polar surface area (TPSA) is 53.1 Å². The fourth-order valence-electron chi connectivity index (χ4n) is 1.71. The van der Waals surface area contributed by atoms with Gasteiger partial charge in [-0.05, 0) is 45.6 Å². The predicted molar refractivity (Wildman–Crippen MR) is 81.6 cm³/mol. The minimum absolute atomic E-state index is 0.0863. The number of hydrogen-bond acceptors (Lipinski definition) is 3. The molecule has 0 saturated heterocycles. The van der Waals surface area contributed by atoms with Gasteiger partial charge < -0.3 is 10.6 Å². The number of nitrogen functional groups attached to an aromatic ring is 1. The van der Waals surface area contributed by atoms with E-state index in [2.05, 4.69) is 38.3 Å². The van der Waals surface area contributed by atoms with E-state index in [1.54, 1.807) is 11.3 Å². The van der Waals surface area contributed by atoms with Crippen LogP contribution in [-0.4, -0.2) is 12.9 Å². The first-order valence-electron chi connectivity index (χ1n) is 5.45. The van der Waals surface area contributed by atoms with Crippen molar-refractivity contribution >= 4 is 38.8 Å². The van der Waals surface area contributed by atoms with E-state index >= 15 is 0 Å². The lowest BCUT2D eigenvalue weighted by molar-refractivity contribution is 0.937. The Hall–Kier alpha value is -1.33. The maximum atomic E-state index is 7.41. The van der Waals surface area contributed by atoms with Crippen LogP contribution in [-0.2, 0) is 6.54 Å². The fraction of sp³-hybridized carbons (Fsp3) is 0.154. The number of anilines is 1. The molecule has 1 heterocycles. The summed E-state index contributed by atoms with van der Waals surface area (Å²) < 4.78 is 0.953. The summed E-state index contributed by atoms with van der Waals surface area (Å²) in [6.45, 7) is 0.871. The third-order valence-corrected chi connectivity index (χ3v) is 4.14. The Morgan fingerprint density at radius 1 is 1.44 bits per heavy atom. The van der Waals surface area contributed by atoms with E-state index in [-0.39, 0.29) is 5.84 Å². The average Bonchev–Trinajstić information content (AvgIpc) is 2.81. The van der Waals surface area contributed by atoms with Gasteiger partial charge in [0.05, 0.1) is 12.2 Å². The van der Waals surface area contributed by atoms with Crippen molar-refractivity contribution in [1.29, 1.82) is 5.41 Å². The van der Waals surface area contributed by atoms with Crippen LogP contribution in [0.25, 0.3) is 0 Å². The molecule has 0 bridgehead atoms. The molecule has 3 N–H and O–H groups in total. The van der Waals surface area contributed by atoms with Gasteiger partial charge in [0.15, 0.2) is 0 Å². The van der Waals surface area contributed by atoms with Crippen LogP contribution >= 0.6 is 27.3 Å². The van der Waals surface area contributed by atoms with Crippen molar-refractivity contribution in [3.8, 4) is 0 Å². The first kappa shape index (κ1) is 13.1. The highest BCUT2D eigenvalue weighted by Gasteiger charge is 2.08. The molecule has 0 spiro atoms. The molecule has 94 valence electrons. The quantitative estimate of drug-likeness (QED) is 0.669. The second-order valence-corrected chi connectivity index (χ2v) is 5.90. The van der Waals surface area contributed by atoms with Crippen LogP contribution in [0.3, 0.4) is 0 Å². The minimum atomic E-state index is 0.0863. The Morgan fingerprint density at radius 2 is 2.22 bits per heavy atom. The number of benzene rings is 1. The second-order valence-electron chi connectivity index (χ2n) is 4.02. The molecule has 3 nitrogen and oxygen atoms in total. The van der Waals surface area contributed by atoms with Crippen LogP contribution < -0.4 is 10.6 Å². The van der Waals surface area contributed by atoms with Gasteiger partial charge in [0.2, 0.25) is 0 Å². The number of hydrogen-bond donors (Lipinski definition) is 2. The zero-order valence-corrected chi connectivity index (χ0v) is 12.4. The third kappa shape index (κ3) is 2.91. The summed E-state index contributed by atoms with van der Waals surface area (Å²) in [5, 5.41) is 9.49. The highest BCUT2D eigenvalue weighted by molar-refractivity contribution is 9.10. The lowest BCUT2D eigenvalue weighted by Crippen LogP contribution is -2.17. The van der Waals surface area contributed by atoms with Gasteiger partial charge in [0.25, 0.3) is 0 Å². The van der Waals surface area contributed by atoms with Crippen molar-refractivity contribution < 1.29 is 0 Å². The van der Waals surface area contributed by atoms with E-state index in [1.807, 2.05) is 25.2 Å². The largest absolute Gasteiger partial charge is 0.384 e. The molecule has 1 aromatic heterocycles. The summed E-state index contributed by atoms with van der Waals surface area (Å²) in [5.74, 6) is 0.0863. The molecule has 0 saturated carbocycles. The Bertz CT molecular complexity index is 551. The van der Waals surface area contributed by atoms with Crippen molar-refractivity contribution in [2.75, 3.05) is 11.9 Å². The maximum Gasteiger partial charge on any atom is 0.122 e. The molecule has 0 unspecified atom stereocenters. The standard InChI is InChI=1S/C13H14BrN3S/c1-17(8-10-3-2-6-18-10)12-5-4-9(13(15)16)7-11(12)14/h2-7H,8H2,1H3,(H3,15,16). The van der Waals surface area contributed by atoms with Crippen LogP contribution in [0.2, 0.25) is 0 Å². The van der Waals surface area contributed by atoms with Gasteiger partial charge in [-0.25, -0.2) is 0 Å². The predicted octanol–water partition coefficient (Wildman–Crippen LogP) is 3.43. The smallest absolute Gasteiger partial charge is 0.122 e. The molecule has 0 amide bonds. The first-order valence-corrected chi connectivity index (χ1v) is 7.12. The molecule has 1 aromatic carbocycles. The molecule has 0 aliphatic heterocycles. The zero-order valence-electron chi connectivity index (χ0n) is 9.98. The summed E-state index contributed by atoms with van der Waals surface area (Å²) in [6.07, 6.45) is 0. The number of nitrogens with two attached hydrogens (primary N) is 1. The molecular formula is C13H14BrN3S. The van der Waals surface area contributed by atoms with Crippen LogP contribution in [0.5, 0.6) is 0 Å². The van der Waals surface area contributed by atoms with Crippen molar-refractivity contribution in [1.82, 2.24) is 0 Å². The van der Waals surface area contributed by atoms with E-state index in [0.717, 1.165) is 22.3 Å². The molecule has 0 radical (unpaired) electrons. The van der Waals surface area contributed by atoms with E-state index in [0.29, 0.717) is 0 Å².